The fraction of sp³-hybridized carbons (Fsp3) is 0.688. The summed E-state index contributed by atoms with van der Waals surface area (Å²) in [7, 11) is 1.43. The molecule has 0 aromatic heterocycles. The minimum Gasteiger partial charge on any atom is -0.469 e. The fourth-order valence-electron chi connectivity index (χ4n) is 1.90. The predicted molar refractivity (Wildman–Crippen MR) is 78.3 cm³/mol. The van der Waals surface area contributed by atoms with Gasteiger partial charge in [-0.1, -0.05) is 24.3 Å². The van der Waals surface area contributed by atoms with Crippen molar-refractivity contribution in [3.63, 3.8) is 0 Å². The van der Waals surface area contributed by atoms with Crippen LogP contribution in [0.4, 0.5) is 0 Å². The molecule has 0 aliphatic carbocycles. The minimum absolute atomic E-state index is 0.0534. The Bertz CT molecular complexity index is 304. The molecule has 1 aliphatic rings. The van der Waals surface area contributed by atoms with Crippen molar-refractivity contribution >= 4 is 5.97 Å². The topological polar surface area (TPSA) is 44.8 Å². The largest absolute Gasteiger partial charge is 0.469 e. The van der Waals surface area contributed by atoms with Crippen LogP contribution in [0.15, 0.2) is 24.3 Å². The normalized spacial score (nSPS) is 17.1. The van der Waals surface area contributed by atoms with Crippen LogP contribution in [0.3, 0.4) is 0 Å². The smallest absolute Gasteiger partial charge is 0.305 e. The van der Waals surface area contributed by atoms with Gasteiger partial charge >= 0.3 is 5.97 Å². The third-order valence-corrected chi connectivity index (χ3v) is 3.06. The van der Waals surface area contributed by atoms with Crippen LogP contribution in [0.2, 0.25) is 0 Å². The van der Waals surface area contributed by atoms with Crippen LogP contribution in [-0.4, -0.2) is 32.6 Å². The van der Waals surface area contributed by atoms with Gasteiger partial charge in [-0.05, 0) is 32.1 Å². The van der Waals surface area contributed by atoms with Crippen molar-refractivity contribution in [2.75, 3.05) is 20.3 Å². The van der Waals surface area contributed by atoms with Crippen LogP contribution >= 0.6 is 0 Å². The van der Waals surface area contributed by atoms with Crippen molar-refractivity contribution in [1.82, 2.24) is 0 Å². The van der Waals surface area contributed by atoms with Crippen molar-refractivity contribution < 1.29 is 19.0 Å². The van der Waals surface area contributed by atoms with Gasteiger partial charge in [0.1, 0.15) is 0 Å². The van der Waals surface area contributed by atoms with Gasteiger partial charge in [-0.2, -0.15) is 0 Å². The lowest BCUT2D eigenvalue weighted by molar-refractivity contribution is -0.175. The van der Waals surface area contributed by atoms with E-state index in [1.165, 1.54) is 7.11 Å². The van der Waals surface area contributed by atoms with Gasteiger partial charge in [0.2, 0.25) is 0 Å². The predicted octanol–water partition coefficient (Wildman–Crippen LogP) is 3.38. The van der Waals surface area contributed by atoms with Gasteiger partial charge in [-0.25, -0.2) is 0 Å². The second-order valence-electron chi connectivity index (χ2n) is 4.76. The van der Waals surface area contributed by atoms with E-state index in [0.717, 1.165) is 51.7 Å². The lowest BCUT2D eigenvalue weighted by Gasteiger charge is -2.21. The van der Waals surface area contributed by atoms with Crippen molar-refractivity contribution in [1.29, 1.82) is 0 Å². The monoisotopic (exact) mass is 282 g/mol. The molecule has 0 bridgehead atoms. The first-order chi connectivity index (χ1) is 9.83. The summed E-state index contributed by atoms with van der Waals surface area (Å²) in [5.41, 5.74) is 0. The highest BCUT2D eigenvalue weighted by atomic mass is 16.7. The lowest BCUT2D eigenvalue weighted by Crippen LogP contribution is -2.23. The zero-order valence-corrected chi connectivity index (χ0v) is 12.4. The minimum atomic E-state index is -0.121. The van der Waals surface area contributed by atoms with Gasteiger partial charge in [0.05, 0.1) is 20.3 Å². The molecule has 0 aromatic carbocycles. The third-order valence-electron chi connectivity index (χ3n) is 3.06. The number of rotatable bonds is 9. The van der Waals surface area contributed by atoms with Crippen molar-refractivity contribution in [3.05, 3.63) is 24.3 Å². The molecule has 114 valence electrons. The van der Waals surface area contributed by atoms with E-state index in [1.807, 2.05) is 0 Å². The number of esters is 1. The Hall–Kier alpha value is -1.13. The molecule has 20 heavy (non-hydrogen) atoms. The van der Waals surface area contributed by atoms with Gasteiger partial charge in [-0.3, -0.25) is 4.79 Å². The molecule has 0 aromatic rings. The highest BCUT2D eigenvalue weighted by molar-refractivity contribution is 5.68. The van der Waals surface area contributed by atoms with Crippen LogP contribution in [0, 0.1) is 0 Å². The number of hydrogen-bond acceptors (Lipinski definition) is 4. The summed E-state index contributed by atoms with van der Waals surface area (Å²) in [6.45, 7) is 1.62. The summed E-state index contributed by atoms with van der Waals surface area (Å²) in [5, 5.41) is 0. The number of allylic oxidation sites excluding steroid dienone is 3. The third kappa shape index (κ3) is 8.88. The Morgan fingerprint density at radius 1 is 1.15 bits per heavy atom. The molecule has 0 amide bonds. The van der Waals surface area contributed by atoms with Gasteiger partial charge in [-0.15, -0.1) is 0 Å². The molecule has 0 saturated carbocycles. The Balaban J connectivity index is 1.91. The Morgan fingerprint density at radius 2 is 1.90 bits per heavy atom. The molecule has 1 fully saturated rings. The van der Waals surface area contributed by atoms with Gasteiger partial charge in [0, 0.05) is 12.8 Å². The highest BCUT2D eigenvalue weighted by Gasteiger charge is 2.11. The lowest BCUT2D eigenvalue weighted by atomic mass is 10.2. The first kappa shape index (κ1) is 16.9. The van der Waals surface area contributed by atoms with Crippen LogP contribution in [0.1, 0.15) is 44.9 Å². The maximum atomic E-state index is 10.9. The van der Waals surface area contributed by atoms with E-state index in [-0.39, 0.29) is 12.3 Å². The SMILES string of the molecule is COC(=O)CCCCC=CCC=CCC1OCCCO1. The number of carbonyl (C=O) groups is 1. The number of unbranched alkanes of at least 4 members (excludes halogenated alkanes) is 2. The average Bonchev–Trinajstić information content (AvgIpc) is 2.50. The fourth-order valence-corrected chi connectivity index (χ4v) is 1.90. The molecule has 1 rings (SSSR count). The molecule has 0 radical (unpaired) electrons. The van der Waals surface area contributed by atoms with Crippen LogP contribution < -0.4 is 0 Å². The second-order valence-corrected chi connectivity index (χ2v) is 4.76. The average molecular weight is 282 g/mol. The molecule has 1 saturated heterocycles. The van der Waals surface area contributed by atoms with Gasteiger partial charge < -0.3 is 14.2 Å². The van der Waals surface area contributed by atoms with E-state index < -0.39 is 0 Å². The summed E-state index contributed by atoms with van der Waals surface area (Å²) in [4.78, 5) is 10.9. The standard InChI is InChI=1S/C16H26O4/c1-18-15(17)11-8-6-4-2-3-5-7-9-12-16-19-13-10-14-20-16/h2-3,7,9,16H,4-6,8,10-14H2,1H3. The molecule has 4 heteroatoms. The number of methoxy groups -OCH3 is 1. The summed E-state index contributed by atoms with van der Waals surface area (Å²) >= 11 is 0. The Kier molecular flexibility index (Phi) is 9.88. The van der Waals surface area contributed by atoms with E-state index >= 15 is 0 Å². The van der Waals surface area contributed by atoms with Crippen molar-refractivity contribution in [2.45, 2.75) is 51.2 Å². The van der Waals surface area contributed by atoms with E-state index in [9.17, 15) is 4.79 Å². The number of hydrogen-bond donors (Lipinski definition) is 0. The quantitative estimate of drug-likeness (QED) is 0.369. The van der Waals surface area contributed by atoms with Crippen LogP contribution in [0.25, 0.3) is 0 Å². The van der Waals surface area contributed by atoms with E-state index in [2.05, 4.69) is 29.0 Å². The Morgan fingerprint density at radius 3 is 2.65 bits per heavy atom. The molecular formula is C16H26O4. The number of carbonyl (C=O) groups excluding carboxylic acids is 1. The molecule has 0 N–H and O–H groups in total. The van der Waals surface area contributed by atoms with Gasteiger partial charge in [0.15, 0.2) is 6.29 Å². The maximum Gasteiger partial charge on any atom is 0.305 e. The first-order valence-electron chi connectivity index (χ1n) is 7.43. The molecule has 4 nitrogen and oxygen atoms in total. The van der Waals surface area contributed by atoms with E-state index in [0.29, 0.717) is 6.42 Å². The zero-order chi connectivity index (χ0) is 14.5. The van der Waals surface area contributed by atoms with E-state index in [4.69, 9.17) is 9.47 Å². The van der Waals surface area contributed by atoms with Crippen molar-refractivity contribution in [2.24, 2.45) is 0 Å². The van der Waals surface area contributed by atoms with Gasteiger partial charge in [0.25, 0.3) is 0 Å². The molecule has 0 atom stereocenters. The maximum absolute atomic E-state index is 10.9. The van der Waals surface area contributed by atoms with E-state index in [1.54, 1.807) is 0 Å². The van der Waals surface area contributed by atoms with Crippen molar-refractivity contribution in [3.8, 4) is 0 Å². The molecule has 1 aliphatic heterocycles. The summed E-state index contributed by atoms with van der Waals surface area (Å²) < 4.78 is 15.5. The molecule has 1 heterocycles. The zero-order valence-electron chi connectivity index (χ0n) is 12.4. The van der Waals surface area contributed by atoms with Crippen LogP contribution in [0.5, 0.6) is 0 Å². The van der Waals surface area contributed by atoms with Crippen LogP contribution in [-0.2, 0) is 19.0 Å². The second kappa shape index (κ2) is 11.7. The summed E-state index contributed by atoms with van der Waals surface area (Å²) in [6, 6.07) is 0. The number of ether oxygens (including phenoxy) is 3. The first-order valence-corrected chi connectivity index (χ1v) is 7.43. The molecular weight excluding hydrogens is 256 g/mol. The summed E-state index contributed by atoms with van der Waals surface area (Å²) in [6.07, 6.45) is 14.7. The molecule has 0 spiro atoms. The summed E-state index contributed by atoms with van der Waals surface area (Å²) in [5.74, 6) is -0.121. The Labute approximate surface area is 121 Å². The highest BCUT2D eigenvalue weighted by Crippen LogP contribution is 2.09. The molecule has 0 unspecified atom stereocenters.